The zero-order valence-corrected chi connectivity index (χ0v) is 33.1. The van der Waals surface area contributed by atoms with Crippen molar-refractivity contribution in [3.63, 3.8) is 0 Å². The van der Waals surface area contributed by atoms with Gasteiger partial charge < -0.3 is 24.2 Å². The quantitative estimate of drug-likeness (QED) is 0.0568. The average Bonchev–Trinajstić information content (AvgIpc) is 3.04. The van der Waals surface area contributed by atoms with Crippen molar-refractivity contribution in [3.05, 3.63) is 96.1 Å². The molecule has 10 nitrogen and oxygen atoms in total. The monoisotopic (exact) mass is 766 g/mol. The summed E-state index contributed by atoms with van der Waals surface area (Å²) in [5.41, 5.74) is 0.606. The maximum absolute atomic E-state index is 12.2. The van der Waals surface area contributed by atoms with Crippen LogP contribution >= 0.6 is 0 Å². The molecule has 0 unspecified atom stereocenters. The summed E-state index contributed by atoms with van der Waals surface area (Å²) in [5.74, 6) is 0.377. The van der Waals surface area contributed by atoms with Gasteiger partial charge in [-0.3, -0.25) is 4.55 Å². The Labute approximate surface area is 332 Å². The van der Waals surface area contributed by atoms with Crippen LogP contribution in [0.3, 0.4) is 0 Å². The maximum Gasteiger partial charge on any atom is 2.00 e. The van der Waals surface area contributed by atoms with Crippen LogP contribution < -0.4 is 14.6 Å². The van der Waals surface area contributed by atoms with E-state index in [4.69, 9.17) is 9.47 Å². The van der Waals surface area contributed by atoms with Gasteiger partial charge in [-0.25, -0.2) is 8.42 Å². The molecule has 0 fully saturated rings. The Morgan fingerprint density at radius 3 is 1.41 bits per heavy atom. The summed E-state index contributed by atoms with van der Waals surface area (Å²) in [5, 5.41) is 22.3. The number of benzene rings is 4. The molecule has 0 radical (unpaired) electrons. The molecule has 0 aliphatic heterocycles. The van der Waals surface area contributed by atoms with Crippen molar-refractivity contribution in [2.45, 2.75) is 101 Å². The Kier molecular flexibility index (Phi) is 19.4. The fourth-order valence-corrected chi connectivity index (χ4v) is 7.04. The third-order valence-electron chi connectivity index (χ3n) is 7.79. The summed E-state index contributed by atoms with van der Waals surface area (Å²) in [7, 11) is -9.33. The van der Waals surface area contributed by atoms with E-state index in [1.807, 2.05) is 24.3 Å². The van der Waals surface area contributed by atoms with Crippen molar-refractivity contribution < 1.29 is 45.6 Å². The number of rotatable bonds is 18. The zero-order valence-electron chi connectivity index (χ0n) is 29.3. The second-order valence-corrected chi connectivity index (χ2v) is 14.6. The van der Waals surface area contributed by atoms with Crippen LogP contribution in [-0.4, -0.2) is 68.8 Å². The largest absolute Gasteiger partial charge is 2.00 e. The molecule has 0 amide bonds. The maximum atomic E-state index is 12.2. The average molecular weight is 767 g/mol. The predicted molar refractivity (Wildman–Crippen MR) is 195 cm³/mol. The number of aryl methyl sites for hydroxylation is 2. The summed E-state index contributed by atoms with van der Waals surface area (Å²) in [4.78, 5) is -1.08. The Hall–Kier alpha value is -2.84. The van der Waals surface area contributed by atoms with Gasteiger partial charge >= 0.3 is 37.7 Å². The van der Waals surface area contributed by atoms with Crippen molar-refractivity contribution in [2.24, 2.45) is 0 Å². The van der Waals surface area contributed by atoms with Gasteiger partial charge in [0.2, 0.25) is 0 Å². The summed E-state index contributed by atoms with van der Waals surface area (Å²) < 4.78 is 78.5. The number of para-hydroxylation sites is 2. The first-order chi connectivity index (χ1) is 23.8. The van der Waals surface area contributed by atoms with Crippen LogP contribution in [-0.2, 0) is 33.1 Å². The second-order valence-electron chi connectivity index (χ2n) is 11.9. The molecule has 0 saturated heterocycles. The van der Waals surface area contributed by atoms with Gasteiger partial charge in [-0.05, 0) is 79.3 Å². The topological polar surface area (TPSA) is 173 Å². The fourth-order valence-electron chi connectivity index (χ4n) is 5.43. The molecule has 272 valence electrons. The molecule has 4 aromatic carbocycles. The molecule has 0 atom stereocenters. The molecule has 4 rings (SSSR count). The van der Waals surface area contributed by atoms with E-state index >= 15 is 0 Å². The normalized spacial score (nSPS) is 11.2. The number of hydrogen-bond acceptors (Lipinski definition) is 9. The van der Waals surface area contributed by atoms with Gasteiger partial charge in [-0.2, -0.15) is 8.42 Å². The first kappa shape index (κ1) is 44.3. The predicted octanol–water partition coefficient (Wildman–Crippen LogP) is 8.53. The molecular formula is C38H46CaO10S2. The summed E-state index contributed by atoms with van der Waals surface area (Å²) in [6, 6.07) is 23.2. The van der Waals surface area contributed by atoms with Crippen molar-refractivity contribution >= 4 is 58.0 Å². The molecular weight excluding hydrogens is 721 g/mol. The molecule has 0 heterocycles. The van der Waals surface area contributed by atoms with E-state index in [0.29, 0.717) is 35.7 Å². The minimum absolute atomic E-state index is 0. The smallest absolute Gasteiger partial charge is 0.872 e. The molecule has 0 saturated carbocycles. The first-order valence-electron chi connectivity index (χ1n) is 16.9. The Balaban J connectivity index is 0.000000347. The van der Waals surface area contributed by atoms with Crippen molar-refractivity contribution in [1.82, 2.24) is 0 Å². The van der Waals surface area contributed by atoms with Crippen LogP contribution in [0.2, 0.25) is 0 Å². The number of hydrogen-bond donors (Lipinski definition) is 2. The Bertz CT molecular complexity index is 1710. The van der Waals surface area contributed by atoms with E-state index < -0.39 is 41.5 Å². The SMILES string of the molecule is CCCCCCCc1cc(Oc2ccccc2)cc(O)c1S(=O)(=O)O.CCCCCCCc1cc(Oc2ccccc2)cc([O-])c1S(=O)(=O)[O-].[Ca+2]. The Morgan fingerprint density at radius 1 is 0.588 bits per heavy atom. The van der Waals surface area contributed by atoms with Crippen molar-refractivity contribution in [2.75, 3.05) is 0 Å². The first-order valence-corrected chi connectivity index (χ1v) is 19.8. The second kappa shape index (κ2) is 22.3. The molecule has 13 heteroatoms. The summed E-state index contributed by atoms with van der Waals surface area (Å²) in [6.45, 7) is 4.23. The molecule has 0 aromatic heterocycles. The minimum atomic E-state index is -4.82. The van der Waals surface area contributed by atoms with Crippen LogP contribution in [0.4, 0.5) is 0 Å². The van der Waals surface area contributed by atoms with Gasteiger partial charge in [0.05, 0.1) is 0 Å². The number of phenols is 1. The number of ether oxygens (including phenoxy) is 2. The number of aromatic hydroxyl groups is 1. The molecule has 51 heavy (non-hydrogen) atoms. The van der Waals surface area contributed by atoms with Gasteiger partial charge in [0.15, 0.2) is 0 Å². The molecule has 0 aliphatic carbocycles. The van der Waals surface area contributed by atoms with Crippen LogP contribution in [0.5, 0.6) is 34.5 Å². The van der Waals surface area contributed by atoms with E-state index in [-0.39, 0.29) is 49.1 Å². The van der Waals surface area contributed by atoms with E-state index in [1.54, 1.807) is 42.5 Å². The molecule has 2 N–H and O–H groups in total. The summed E-state index contributed by atoms with van der Waals surface area (Å²) in [6.07, 6.45) is 10.8. The number of unbranched alkanes of at least 4 members (excludes halogenated alkanes) is 8. The molecule has 4 aromatic rings. The van der Waals surface area contributed by atoms with E-state index in [9.17, 15) is 36.2 Å². The summed E-state index contributed by atoms with van der Waals surface area (Å²) >= 11 is 0. The standard InChI is InChI=1S/2C19H24O5S.Ca/c2*1-2-3-4-5-7-10-15-13-17(24-16-11-8-6-9-12-16)14-18(20)19(15)25(21,22)23;/h2*6,8-9,11-14,20H,2-5,7,10H2,1H3,(H,21,22,23);/q;;+2/p-2. The van der Waals surface area contributed by atoms with Crippen molar-refractivity contribution in [1.29, 1.82) is 0 Å². The molecule has 0 aliphatic rings. The van der Waals surface area contributed by atoms with Crippen LogP contribution in [0.15, 0.2) is 94.7 Å². The van der Waals surface area contributed by atoms with Crippen LogP contribution in [0.25, 0.3) is 0 Å². The molecule has 0 spiro atoms. The third-order valence-corrected chi connectivity index (χ3v) is 9.74. The van der Waals surface area contributed by atoms with Crippen molar-refractivity contribution in [3.8, 4) is 34.5 Å². The fraction of sp³-hybridized carbons (Fsp3) is 0.368. The minimum Gasteiger partial charge on any atom is -0.872 e. The van der Waals surface area contributed by atoms with Gasteiger partial charge in [0.25, 0.3) is 10.1 Å². The van der Waals surface area contributed by atoms with Gasteiger partial charge in [0.1, 0.15) is 43.8 Å². The van der Waals surface area contributed by atoms with E-state index in [1.165, 1.54) is 12.1 Å². The Morgan fingerprint density at radius 2 is 1.00 bits per heavy atom. The van der Waals surface area contributed by atoms with Gasteiger partial charge in [0, 0.05) is 11.0 Å². The van der Waals surface area contributed by atoms with Crippen LogP contribution in [0.1, 0.15) is 89.2 Å². The molecule has 0 bridgehead atoms. The van der Waals surface area contributed by atoms with Gasteiger partial charge in [-0.1, -0.05) is 107 Å². The number of phenolic OH excluding ortho intramolecular Hbond substituents is 1. The van der Waals surface area contributed by atoms with Gasteiger partial charge in [-0.15, -0.1) is 0 Å². The third kappa shape index (κ3) is 15.3. The van der Waals surface area contributed by atoms with E-state index in [2.05, 4.69) is 13.8 Å². The van der Waals surface area contributed by atoms with Crippen LogP contribution in [0, 0.1) is 0 Å². The zero-order chi connectivity index (χ0) is 36.6. The van der Waals surface area contributed by atoms with E-state index in [0.717, 1.165) is 70.3 Å².